The Balaban J connectivity index is 1.11. The lowest BCUT2D eigenvalue weighted by Crippen LogP contribution is -2.48. The Kier molecular flexibility index (Phi) is 4.28. The third-order valence-corrected chi connectivity index (χ3v) is 6.30. The number of fused-ring (bicyclic) bond motifs is 2. The third-order valence-electron chi connectivity index (χ3n) is 6.30. The van der Waals surface area contributed by atoms with Gasteiger partial charge in [0.05, 0.1) is 30.8 Å². The average Bonchev–Trinajstić information content (AvgIpc) is 3.05. The Morgan fingerprint density at radius 3 is 2.70 bits per heavy atom. The van der Waals surface area contributed by atoms with E-state index < -0.39 is 0 Å². The number of urea groups is 1. The number of likely N-dealkylation sites (tertiary alicyclic amines) is 1. The van der Waals surface area contributed by atoms with E-state index in [2.05, 4.69) is 32.9 Å². The van der Waals surface area contributed by atoms with Crippen molar-refractivity contribution >= 4 is 17.1 Å². The van der Waals surface area contributed by atoms with Crippen molar-refractivity contribution in [1.82, 2.24) is 24.7 Å². The molecule has 7 nitrogen and oxygen atoms in total. The predicted octanol–water partition coefficient (Wildman–Crippen LogP) is 1.62. The van der Waals surface area contributed by atoms with Crippen molar-refractivity contribution in [1.29, 1.82) is 0 Å². The Bertz CT molecular complexity index is 786. The van der Waals surface area contributed by atoms with Gasteiger partial charge in [-0.05, 0) is 36.9 Å². The molecule has 3 aliphatic rings. The van der Waals surface area contributed by atoms with Gasteiger partial charge < -0.3 is 19.5 Å². The minimum atomic E-state index is 0.208. The highest BCUT2D eigenvalue weighted by molar-refractivity contribution is 5.75. The summed E-state index contributed by atoms with van der Waals surface area (Å²) in [5.74, 6) is 3.09. The molecule has 7 heteroatoms. The van der Waals surface area contributed by atoms with E-state index in [0.29, 0.717) is 31.0 Å². The summed E-state index contributed by atoms with van der Waals surface area (Å²) in [5, 5.41) is 0. The SMILES string of the molecule is CN(Cc1nc2ccccc2[nH]1)CC1[C@H]2CN(C(=O)N3CCOCC3)C[C@@H]12. The topological polar surface area (TPSA) is 64.7 Å². The first-order chi connectivity index (χ1) is 13.2. The highest BCUT2D eigenvalue weighted by Gasteiger charge is 2.56. The molecule has 3 heterocycles. The van der Waals surface area contributed by atoms with Crippen LogP contribution in [-0.2, 0) is 11.3 Å². The van der Waals surface area contributed by atoms with E-state index in [1.54, 1.807) is 0 Å². The number of amides is 2. The number of nitrogens with zero attached hydrogens (tertiary/aromatic N) is 4. The van der Waals surface area contributed by atoms with E-state index in [-0.39, 0.29) is 6.03 Å². The molecule has 0 spiro atoms. The van der Waals surface area contributed by atoms with Gasteiger partial charge in [0.25, 0.3) is 0 Å². The summed E-state index contributed by atoms with van der Waals surface area (Å²) in [4.78, 5) is 27.0. The number of imidazole rings is 1. The van der Waals surface area contributed by atoms with Crippen molar-refractivity contribution in [3.63, 3.8) is 0 Å². The van der Waals surface area contributed by atoms with Gasteiger partial charge in [-0.2, -0.15) is 0 Å². The molecule has 1 aromatic carbocycles. The zero-order chi connectivity index (χ0) is 18.4. The van der Waals surface area contributed by atoms with Gasteiger partial charge in [-0.1, -0.05) is 12.1 Å². The minimum absolute atomic E-state index is 0.208. The predicted molar refractivity (Wildman–Crippen MR) is 102 cm³/mol. The Labute approximate surface area is 159 Å². The molecule has 1 saturated carbocycles. The number of rotatable bonds is 4. The molecule has 3 atom stereocenters. The van der Waals surface area contributed by atoms with E-state index in [1.165, 1.54) is 0 Å². The molecule has 1 aliphatic carbocycles. The Hall–Kier alpha value is -2.12. The molecular weight excluding hydrogens is 342 g/mol. The lowest BCUT2D eigenvalue weighted by Gasteiger charge is -2.32. The van der Waals surface area contributed by atoms with Crippen molar-refractivity contribution in [3.8, 4) is 0 Å². The van der Waals surface area contributed by atoms with Crippen LogP contribution >= 0.6 is 0 Å². The summed E-state index contributed by atoms with van der Waals surface area (Å²) >= 11 is 0. The first kappa shape index (κ1) is 17.0. The number of aromatic nitrogens is 2. The molecule has 2 aliphatic heterocycles. The van der Waals surface area contributed by atoms with Crippen LogP contribution in [0, 0.1) is 17.8 Å². The van der Waals surface area contributed by atoms with Crippen molar-refractivity contribution in [2.24, 2.45) is 17.8 Å². The first-order valence-electron chi connectivity index (χ1n) is 9.93. The van der Waals surface area contributed by atoms with Crippen molar-refractivity contribution in [2.45, 2.75) is 6.54 Å². The first-order valence-corrected chi connectivity index (χ1v) is 9.93. The second-order valence-corrected chi connectivity index (χ2v) is 8.18. The maximum Gasteiger partial charge on any atom is 0.320 e. The Morgan fingerprint density at radius 1 is 1.22 bits per heavy atom. The number of H-pyrrole nitrogens is 1. The smallest absolute Gasteiger partial charge is 0.320 e. The van der Waals surface area contributed by atoms with Crippen LogP contribution in [0.4, 0.5) is 4.79 Å². The summed E-state index contributed by atoms with van der Waals surface area (Å²) in [5.41, 5.74) is 2.13. The molecule has 5 rings (SSSR count). The van der Waals surface area contributed by atoms with Crippen LogP contribution < -0.4 is 0 Å². The molecule has 1 N–H and O–H groups in total. The molecule has 144 valence electrons. The average molecular weight is 369 g/mol. The fourth-order valence-corrected chi connectivity index (χ4v) is 4.79. The van der Waals surface area contributed by atoms with Crippen LogP contribution in [0.1, 0.15) is 5.82 Å². The van der Waals surface area contributed by atoms with Gasteiger partial charge in [0, 0.05) is 32.7 Å². The van der Waals surface area contributed by atoms with E-state index in [1.807, 2.05) is 23.1 Å². The number of nitrogens with one attached hydrogen (secondary N) is 1. The maximum absolute atomic E-state index is 12.6. The molecule has 2 saturated heterocycles. The van der Waals surface area contributed by atoms with Gasteiger partial charge >= 0.3 is 6.03 Å². The van der Waals surface area contributed by atoms with Gasteiger partial charge in [-0.25, -0.2) is 9.78 Å². The lowest BCUT2D eigenvalue weighted by atomic mass is 10.2. The minimum Gasteiger partial charge on any atom is -0.378 e. The number of para-hydroxylation sites is 2. The number of ether oxygens (including phenoxy) is 1. The number of hydrogen-bond donors (Lipinski definition) is 1. The number of carbonyl (C=O) groups excluding carboxylic acids is 1. The fraction of sp³-hybridized carbons (Fsp3) is 0.600. The number of piperidine rings is 1. The van der Waals surface area contributed by atoms with Crippen LogP contribution in [0.2, 0.25) is 0 Å². The van der Waals surface area contributed by atoms with Crippen molar-refractivity contribution in [2.75, 3.05) is 53.0 Å². The Morgan fingerprint density at radius 2 is 1.96 bits per heavy atom. The number of aromatic amines is 1. The molecule has 2 aromatic rings. The maximum atomic E-state index is 12.6. The van der Waals surface area contributed by atoms with Crippen LogP contribution in [0.25, 0.3) is 11.0 Å². The quantitative estimate of drug-likeness (QED) is 0.890. The number of carbonyl (C=O) groups is 1. The van der Waals surface area contributed by atoms with Gasteiger partial charge in [0.2, 0.25) is 0 Å². The van der Waals surface area contributed by atoms with E-state index >= 15 is 0 Å². The molecule has 0 radical (unpaired) electrons. The normalized spacial score (nSPS) is 27.4. The van der Waals surface area contributed by atoms with Crippen LogP contribution in [0.5, 0.6) is 0 Å². The van der Waals surface area contributed by atoms with Crippen LogP contribution in [-0.4, -0.2) is 83.7 Å². The molecule has 2 amide bonds. The van der Waals surface area contributed by atoms with E-state index in [9.17, 15) is 4.79 Å². The van der Waals surface area contributed by atoms with Crippen molar-refractivity contribution < 1.29 is 9.53 Å². The molecule has 0 bridgehead atoms. The van der Waals surface area contributed by atoms with Crippen LogP contribution in [0.15, 0.2) is 24.3 Å². The van der Waals surface area contributed by atoms with Gasteiger partial charge in [0.1, 0.15) is 5.82 Å². The lowest BCUT2D eigenvalue weighted by molar-refractivity contribution is 0.0438. The second-order valence-electron chi connectivity index (χ2n) is 8.18. The molecule has 1 aromatic heterocycles. The summed E-state index contributed by atoms with van der Waals surface area (Å²) in [6, 6.07) is 8.37. The summed E-state index contributed by atoms with van der Waals surface area (Å²) < 4.78 is 5.35. The number of benzene rings is 1. The molecule has 27 heavy (non-hydrogen) atoms. The summed E-state index contributed by atoms with van der Waals surface area (Å²) in [6.45, 7) is 6.55. The summed E-state index contributed by atoms with van der Waals surface area (Å²) in [6.07, 6.45) is 0. The standard InChI is InChI=1S/C20H27N5O2/c1-23(13-19-21-17-4-2-3-5-18(17)22-19)10-14-15-11-25(12-16(14)15)20(26)24-6-8-27-9-7-24/h2-5,14-16H,6-13H2,1H3,(H,21,22)/t14?,15-,16+. The van der Waals surface area contributed by atoms with Gasteiger partial charge in [-0.3, -0.25) is 4.90 Å². The summed E-state index contributed by atoms with van der Waals surface area (Å²) in [7, 11) is 2.16. The highest BCUT2D eigenvalue weighted by atomic mass is 16.5. The second kappa shape index (κ2) is 6.80. The molecule has 3 fully saturated rings. The molecular formula is C20H27N5O2. The highest BCUT2D eigenvalue weighted by Crippen LogP contribution is 2.52. The molecule has 1 unspecified atom stereocenters. The van der Waals surface area contributed by atoms with Gasteiger partial charge in [-0.15, -0.1) is 0 Å². The zero-order valence-electron chi connectivity index (χ0n) is 15.8. The zero-order valence-corrected chi connectivity index (χ0v) is 15.8. The van der Waals surface area contributed by atoms with E-state index in [0.717, 1.165) is 56.1 Å². The fourth-order valence-electron chi connectivity index (χ4n) is 4.79. The van der Waals surface area contributed by atoms with E-state index in [4.69, 9.17) is 4.74 Å². The monoisotopic (exact) mass is 369 g/mol. The third kappa shape index (κ3) is 3.30. The van der Waals surface area contributed by atoms with Crippen molar-refractivity contribution in [3.05, 3.63) is 30.1 Å². The van der Waals surface area contributed by atoms with Gasteiger partial charge in [0.15, 0.2) is 0 Å². The van der Waals surface area contributed by atoms with Crippen LogP contribution in [0.3, 0.4) is 0 Å². The largest absolute Gasteiger partial charge is 0.378 e. The number of morpholine rings is 1. The number of hydrogen-bond acceptors (Lipinski definition) is 4.